The first-order chi connectivity index (χ1) is 13.5. The smallest absolute Gasteiger partial charge is 0.291 e. The normalized spacial score (nSPS) is 13.8. The molecule has 4 rings (SSSR count). The Hall–Kier alpha value is -2.14. The monoisotopic (exact) mass is 434 g/mol. The van der Waals surface area contributed by atoms with Crippen LogP contribution in [-0.2, 0) is 0 Å². The molecule has 1 N–H and O–H groups in total. The number of rotatable bonds is 4. The third-order valence-electron chi connectivity index (χ3n) is 4.69. The molecule has 1 saturated heterocycles. The number of carbonyl (C=O) groups excluding carboxylic acids is 1. The van der Waals surface area contributed by atoms with Crippen LogP contribution in [0.1, 0.15) is 23.4 Å². The van der Waals surface area contributed by atoms with Crippen molar-refractivity contribution < 1.29 is 9.21 Å². The third-order valence-corrected chi connectivity index (χ3v) is 5.74. The van der Waals surface area contributed by atoms with Crippen LogP contribution < -0.4 is 10.2 Å². The highest BCUT2D eigenvalue weighted by molar-refractivity contribution is 6.42. The largest absolute Gasteiger partial charge is 0.451 e. The number of hydrogen-bond donors (Lipinski definition) is 1. The average Bonchev–Trinajstić information content (AvgIpc) is 3.36. The molecule has 1 aromatic heterocycles. The molecule has 1 aliphatic rings. The van der Waals surface area contributed by atoms with Crippen LogP contribution in [0.2, 0.25) is 15.1 Å². The zero-order valence-electron chi connectivity index (χ0n) is 14.8. The Morgan fingerprint density at radius 3 is 2.46 bits per heavy atom. The van der Waals surface area contributed by atoms with Crippen molar-refractivity contribution in [1.82, 2.24) is 0 Å². The van der Waals surface area contributed by atoms with Crippen LogP contribution in [0.25, 0.3) is 11.3 Å². The molecule has 0 bridgehead atoms. The van der Waals surface area contributed by atoms with Crippen LogP contribution in [0.15, 0.2) is 52.9 Å². The van der Waals surface area contributed by atoms with Crippen LogP contribution in [0.3, 0.4) is 0 Å². The Labute approximate surface area is 178 Å². The van der Waals surface area contributed by atoms with Crippen molar-refractivity contribution in [3.8, 4) is 11.3 Å². The molecule has 1 fully saturated rings. The standard InChI is InChI=1S/C21H17Cl3N2O2/c22-14-7-6-13(12-16(14)24)18-8-9-19(28-18)21(27)25-17-5-3-4-15(23)20(17)26-10-1-2-11-26/h3-9,12H,1-2,10-11H2,(H,25,27). The number of halogens is 3. The summed E-state index contributed by atoms with van der Waals surface area (Å²) in [6.45, 7) is 1.85. The number of hydrogen-bond acceptors (Lipinski definition) is 3. The molecular formula is C21H17Cl3N2O2. The zero-order valence-corrected chi connectivity index (χ0v) is 17.1. The molecular weight excluding hydrogens is 419 g/mol. The topological polar surface area (TPSA) is 45.5 Å². The van der Waals surface area contributed by atoms with Gasteiger partial charge in [0, 0.05) is 18.7 Å². The number of anilines is 2. The average molecular weight is 436 g/mol. The number of carbonyl (C=O) groups is 1. The van der Waals surface area contributed by atoms with Crippen molar-refractivity contribution in [3.63, 3.8) is 0 Å². The van der Waals surface area contributed by atoms with Crippen LogP contribution >= 0.6 is 34.8 Å². The lowest BCUT2D eigenvalue weighted by Crippen LogP contribution is -2.21. The Kier molecular flexibility index (Phi) is 5.54. The lowest BCUT2D eigenvalue weighted by atomic mass is 10.2. The van der Waals surface area contributed by atoms with E-state index < -0.39 is 0 Å². The molecule has 0 atom stereocenters. The maximum atomic E-state index is 12.7. The predicted molar refractivity (Wildman–Crippen MR) is 115 cm³/mol. The minimum atomic E-state index is -0.339. The van der Waals surface area contributed by atoms with Crippen molar-refractivity contribution in [1.29, 1.82) is 0 Å². The first-order valence-electron chi connectivity index (χ1n) is 8.93. The summed E-state index contributed by atoms with van der Waals surface area (Å²) in [6.07, 6.45) is 2.23. The van der Waals surface area contributed by atoms with Crippen LogP contribution in [-0.4, -0.2) is 19.0 Å². The molecule has 0 aliphatic carbocycles. The zero-order chi connectivity index (χ0) is 19.7. The van der Waals surface area contributed by atoms with Gasteiger partial charge in [-0.1, -0.05) is 40.9 Å². The Morgan fingerprint density at radius 2 is 1.71 bits per heavy atom. The van der Waals surface area contributed by atoms with Crippen molar-refractivity contribution in [2.24, 2.45) is 0 Å². The summed E-state index contributed by atoms with van der Waals surface area (Å²) in [7, 11) is 0. The van der Waals surface area contributed by atoms with E-state index in [2.05, 4.69) is 10.2 Å². The van der Waals surface area contributed by atoms with Gasteiger partial charge in [-0.2, -0.15) is 0 Å². The second kappa shape index (κ2) is 8.08. The third kappa shape index (κ3) is 3.86. The van der Waals surface area contributed by atoms with Crippen molar-refractivity contribution >= 4 is 52.1 Å². The summed E-state index contributed by atoms with van der Waals surface area (Å²) in [6, 6.07) is 14.0. The maximum absolute atomic E-state index is 12.7. The summed E-state index contributed by atoms with van der Waals surface area (Å²) < 4.78 is 5.73. The highest BCUT2D eigenvalue weighted by Gasteiger charge is 2.21. The van der Waals surface area contributed by atoms with Gasteiger partial charge in [0.1, 0.15) is 5.76 Å². The molecule has 7 heteroatoms. The van der Waals surface area contributed by atoms with Gasteiger partial charge in [-0.3, -0.25) is 4.79 Å². The van der Waals surface area contributed by atoms with Gasteiger partial charge in [-0.15, -0.1) is 0 Å². The lowest BCUT2D eigenvalue weighted by Gasteiger charge is -2.22. The number of amides is 1. The second-order valence-corrected chi connectivity index (χ2v) is 7.80. The highest BCUT2D eigenvalue weighted by atomic mass is 35.5. The van der Waals surface area contributed by atoms with E-state index in [1.807, 2.05) is 18.2 Å². The van der Waals surface area contributed by atoms with Gasteiger partial charge in [-0.25, -0.2) is 0 Å². The fourth-order valence-electron chi connectivity index (χ4n) is 3.33. The molecule has 0 saturated carbocycles. The molecule has 2 aromatic carbocycles. The summed E-state index contributed by atoms with van der Waals surface area (Å²) in [5, 5.41) is 4.43. The van der Waals surface area contributed by atoms with Gasteiger partial charge >= 0.3 is 0 Å². The summed E-state index contributed by atoms with van der Waals surface area (Å²) >= 11 is 18.4. The fraction of sp³-hybridized carbons (Fsp3) is 0.190. The second-order valence-electron chi connectivity index (χ2n) is 6.58. The number of furan rings is 1. The van der Waals surface area contributed by atoms with Gasteiger partial charge in [-0.05, 0) is 55.3 Å². The summed E-state index contributed by atoms with van der Waals surface area (Å²) in [5.41, 5.74) is 2.27. The Balaban J connectivity index is 1.57. The number of benzene rings is 2. The van der Waals surface area contributed by atoms with Crippen LogP contribution in [0.5, 0.6) is 0 Å². The first-order valence-corrected chi connectivity index (χ1v) is 10.1. The van der Waals surface area contributed by atoms with Gasteiger partial charge in [0.05, 0.1) is 26.4 Å². The van der Waals surface area contributed by atoms with E-state index in [1.54, 1.807) is 30.3 Å². The molecule has 0 spiro atoms. The van der Waals surface area contributed by atoms with E-state index in [0.29, 0.717) is 26.5 Å². The van der Waals surface area contributed by atoms with Crippen LogP contribution in [0.4, 0.5) is 11.4 Å². The lowest BCUT2D eigenvalue weighted by molar-refractivity contribution is 0.0997. The quantitative estimate of drug-likeness (QED) is 0.492. The molecule has 3 aromatic rings. The van der Waals surface area contributed by atoms with E-state index in [0.717, 1.165) is 37.2 Å². The van der Waals surface area contributed by atoms with Crippen LogP contribution in [0, 0.1) is 0 Å². The van der Waals surface area contributed by atoms with Gasteiger partial charge in [0.15, 0.2) is 5.76 Å². The van der Waals surface area contributed by atoms with E-state index in [4.69, 9.17) is 39.2 Å². The molecule has 0 radical (unpaired) electrons. The minimum absolute atomic E-state index is 0.202. The molecule has 144 valence electrons. The van der Waals surface area contributed by atoms with E-state index >= 15 is 0 Å². The van der Waals surface area contributed by atoms with E-state index in [9.17, 15) is 4.79 Å². The maximum Gasteiger partial charge on any atom is 0.291 e. The van der Waals surface area contributed by atoms with Gasteiger partial charge in [0.25, 0.3) is 5.91 Å². The summed E-state index contributed by atoms with van der Waals surface area (Å²) in [4.78, 5) is 14.9. The van der Waals surface area contributed by atoms with Gasteiger partial charge in [0.2, 0.25) is 0 Å². The first kappa shape index (κ1) is 19.2. The Morgan fingerprint density at radius 1 is 0.929 bits per heavy atom. The van der Waals surface area contributed by atoms with E-state index in [1.165, 1.54) is 0 Å². The SMILES string of the molecule is O=C(Nc1cccc(Cl)c1N1CCCC1)c1ccc(-c2ccc(Cl)c(Cl)c2)o1. The fourth-order valence-corrected chi connectivity index (χ4v) is 3.92. The van der Waals surface area contributed by atoms with Gasteiger partial charge < -0.3 is 14.6 Å². The molecule has 0 unspecified atom stereocenters. The molecule has 1 amide bonds. The summed E-state index contributed by atoms with van der Waals surface area (Å²) in [5.74, 6) is 0.400. The predicted octanol–water partition coefficient (Wildman–Crippen LogP) is 6.76. The molecule has 2 heterocycles. The van der Waals surface area contributed by atoms with Crippen molar-refractivity contribution in [3.05, 3.63) is 69.4 Å². The highest BCUT2D eigenvalue weighted by Crippen LogP contribution is 2.36. The Bertz CT molecular complexity index is 1030. The van der Waals surface area contributed by atoms with E-state index in [-0.39, 0.29) is 11.7 Å². The van der Waals surface area contributed by atoms with Crippen molar-refractivity contribution in [2.75, 3.05) is 23.3 Å². The molecule has 1 aliphatic heterocycles. The number of nitrogens with one attached hydrogen (secondary N) is 1. The minimum Gasteiger partial charge on any atom is -0.451 e. The molecule has 28 heavy (non-hydrogen) atoms. The number of para-hydroxylation sites is 1. The van der Waals surface area contributed by atoms with Crippen molar-refractivity contribution in [2.45, 2.75) is 12.8 Å². The number of nitrogens with zero attached hydrogens (tertiary/aromatic N) is 1. The molecule has 4 nitrogen and oxygen atoms in total.